The lowest BCUT2D eigenvalue weighted by molar-refractivity contribution is -0.144. The second-order valence-corrected chi connectivity index (χ2v) is 5.28. The van der Waals surface area contributed by atoms with Crippen LogP contribution >= 0.6 is 0 Å². The number of hydrogen-bond acceptors (Lipinski definition) is 4. The summed E-state index contributed by atoms with van der Waals surface area (Å²) >= 11 is 0. The Kier molecular flexibility index (Phi) is 4.70. The molecule has 1 aromatic carbocycles. The van der Waals surface area contributed by atoms with E-state index in [1.54, 1.807) is 45.2 Å². The van der Waals surface area contributed by atoms with E-state index in [0.29, 0.717) is 17.1 Å². The van der Waals surface area contributed by atoms with Crippen molar-refractivity contribution in [2.24, 2.45) is 0 Å². The van der Waals surface area contributed by atoms with Crippen LogP contribution in [0.2, 0.25) is 0 Å². The quantitative estimate of drug-likeness (QED) is 0.897. The van der Waals surface area contributed by atoms with Crippen LogP contribution < -0.4 is 9.47 Å². The van der Waals surface area contributed by atoms with Gasteiger partial charge in [-0.25, -0.2) is 0 Å². The first kappa shape index (κ1) is 15.9. The van der Waals surface area contributed by atoms with Gasteiger partial charge in [0, 0.05) is 11.6 Å². The fourth-order valence-electron chi connectivity index (χ4n) is 2.23. The molecule has 0 atom stereocenters. The third kappa shape index (κ3) is 3.39. The first-order valence-corrected chi connectivity index (χ1v) is 6.96. The van der Waals surface area contributed by atoms with Gasteiger partial charge in [0.15, 0.2) is 0 Å². The molecule has 1 aliphatic rings. The molecule has 1 N–H and O–H groups in total. The summed E-state index contributed by atoms with van der Waals surface area (Å²) in [5.74, 6) is -0.0300. The molecule has 0 bridgehead atoms. The topological polar surface area (TPSA) is 76.1 Å². The molecule has 0 saturated carbocycles. The van der Waals surface area contributed by atoms with Crippen LogP contribution in [0.25, 0.3) is 6.08 Å². The van der Waals surface area contributed by atoms with Gasteiger partial charge >= 0.3 is 5.97 Å². The fraction of sp³-hybridized carbons (Fsp3) is 0.375. The molecular formula is C16H19NO5. The number of carbonyl (C=O) groups is 2. The summed E-state index contributed by atoms with van der Waals surface area (Å²) in [5, 5.41) is 8.94. The zero-order chi connectivity index (χ0) is 16.3. The number of carboxylic acids is 1. The molecule has 22 heavy (non-hydrogen) atoms. The van der Waals surface area contributed by atoms with Crippen LogP contribution in [0.15, 0.2) is 23.8 Å². The van der Waals surface area contributed by atoms with Crippen LogP contribution in [-0.2, 0) is 9.59 Å². The maximum atomic E-state index is 12.5. The van der Waals surface area contributed by atoms with Crippen LogP contribution in [0.4, 0.5) is 0 Å². The Morgan fingerprint density at radius 2 is 2.14 bits per heavy atom. The van der Waals surface area contributed by atoms with Crippen molar-refractivity contribution in [1.82, 2.24) is 4.90 Å². The van der Waals surface area contributed by atoms with Crippen molar-refractivity contribution >= 4 is 18.0 Å². The van der Waals surface area contributed by atoms with E-state index in [2.05, 4.69) is 0 Å². The summed E-state index contributed by atoms with van der Waals surface area (Å²) in [6, 6.07) is 5.13. The Morgan fingerprint density at radius 1 is 1.41 bits per heavy atom. The third-order valence-corrected chi connectivity index (χ3v) is 3.39. The lowest BCUT2D eigenvalue weighted by atomic mass is 10.1. The minimum absolute atomic E-state index is 0.126. The summed E-state index contributed by atoms with van der Waals surface area (Å²) in [4.78, 5) is 24.8. The standard InChI is InChI=1S/C16H19NO5/c1-10(2)17(8-15(18)19)16(20)12-6-11-7-13(21-3)4-5-14(11)22-9-12/h4-7,10H,8-9H2,1-3H3,(H,18,19). The smallest absolute Gasteiger partial charge is 0.323 e. The van der Waals surface area contributed by atoms with Crippen LogP contribution in [0.3, 0.4) is 0 Å². The van der Waals surface area contributed by atoms with Crippen molar-refractivity contribution in [3.05, 3.63) is 29.3 Å². The molecule has 6 nitrogen and oxygen atoms in total. The second kappa shape index (κ2) is 6.51. The highest BCUT2D eigenvalue weighted by Gasteiger charge is 2.25. The second-order valence-electron chi connectivity index (χ2n) is 5.28. The molecule has 0 unspecified atom stereocenters. The Hall–Kier alpha value is -2.50. The van der Waals surface area contributed by atoms with Gasteiger partial charge in [-0.15, -0.1) is 0 Å². The Morgan fingerprint density at radius 3 is 2.73 bits per heavy atom. The average Bonchev–Trinajstić information content (AvgIpc) is 2.50. The number of carbonyl (C=O) groups excluding carboxylic acids is 1. The number of fused-ring (bicyclic) bond motifs is 1. The number of amides is 1. The minimum Gasteiger partial charge on any atom is -0.497 e. The lowest BCUT2D eigenvalue weighted by Crippen LogP contribution is -2.42. The molecule has 2 rings (SSSR count). The normalized spacial score (nSPS) is 13.0. The minimum atomic E-state index is -1.04. The number of rotatable bonds is 5. The number of aliphatic carboxylic acids is 1. The largest absolute Gasteiger partial charge is 0.497 e. The van der Waals surface area contributed by atoms with Gasteiger partial charge in [0.1, 0.15) is 24.7 Å². The predicted octanol–water partition coefficient (Wildman–Crippen LogP) is 1.79. The van der Waals surface area contributed by atoms with Gasteiger partial charge in [0.25, 0.3) is 5.91 Å². The summed E-state index contributed by atoms with van der Waals surface area (Å²) < 4.78 is 10.7. The average molecular weight is 305 g/mol. The van der Waals surface area contributed by atoms with E-state index in [0.717, 1.165) is 5.56 Å². The molecule has 0 aliphatic carbocycles. The molecule has 6 heteroatoms. The van der Waals surface area contributed by atoms with Crippen molar-refractivity contribution in [2.45, 2.75) is 19.9 Å². The SMILES string of the molecule is COc1ccc2c(c1)C=C(C(=O)N(CC(=O)O)C(C)C)CO2. The number of methoxy groups -OCH3 is 1. The van der Waals surface area contributed by atoms with Gasteiger partial charge in [0.2, 0.25) is 0 Å². The van der Waals surface area contributed by atoms with Crippen molar-refractivity contribution < 1.29 is 24.2 Å². The van der Waals surface area contributed by atoms with Crippen molar-refractivity contribution in [1.29, 1.82) is 0 Å². The molecule has 1 amide bonds. The number of ether oxygens (including phenoxy) is 2. The maximum absolute atomic E-state index is 12.5. The molecule has 0 saturated heterocycles. The highest BCUT2D eigenvalue weighted by Crippen LogP contribution is 2.30. The van der Waals surface area contributed by atoms with E-state index >= 15 is 0 Å². The van der Waals surface area contributed by atoms with E-state index < -0.39 is 5.97 Å². The third-order valence-electron chi connectivity index (χ3n) is 3.39. The highest BCUT2D eigenvalue weighted by atomic mass is 16.5. The van der Waals surface area contributed by atoms with Gasteiger partial charge in [-0.1, -0.05) is 0 Å². The highest BCUT2D eigenvalue weighted by molar-refractivity contribution is 6.00. The summed E-state index contributed by atoms with van der Waals surface area (Å²) in [5.41, 5.74) is 1.17. The molecule has 0 aromatic heterocycles. The van der Waals surface area contributed by atoms with E-state index in [1.807, 2.05) is 0 Å². The molecule has 1 aromatic rings. The summed E-state index contributed by atoms with van der Waals surface area (Å²) in [6.07, 6.45) is 1.72. The van der Waals surface area contributed by atoms with Gasteiger partial charge in [-0.05, 0) is 38.1 Å². The molecule has 1 heterocycles. The maximum Gasteiger partial charge on any atom is 0.323 e. The molecule has 0 fully saturated rings. The van der Waals surface area contributed by atoms with E-state index in [-0.39, 0.29) is 25.1 Å². The monoisotopic (exact) mass is 305 g/mol. The predicted molar refractivity (Wildman–Crippen MR) is 81.0 cm³/mol. The molecule has 1 aliphatic heterocycles. The van der Waals surface area contributed by atoms with Crippen molar-refractivity contribution in [3.8, 4) is 11.5 Å². The van der Waals surface area contributed by atoms with Gasteiger partial charge in [0.05, 0.1) is 12.7 Å². The van der Waals surface area contributed by atoms with E-state index in [4.69, 9.17) is 14.6 Å². The fourth-order valence-corrected chi connectivity index (χ4v) is 2.23. The number of nitrogens with zero attached hydrogens (tertiary/aromatic N) is 1. The zero-order valence-electron chi connectivity index (χ0n) is 12.8. The number of benzene rings is 1. The first-order valence-electron chi connectivity index (χ1n) is 6.96. The molecule has 118 valence electrons. The van der Waals surface area contributed by atoms with E-state index in [1.165, 1.54) is 4.90 Å². The lowest BCUT2D eigenvalue weighted by Gasteiger charge is -2.27. The first-order chi connectivity index (χ1) is 10.4. The van der Waals surface area contributed by atoms with Crippen LogP contribution in [0.5, 0.6) is 11.5 Å². The number of hydrogen-bond donors (Lipinski definition) is 1. The van der Waals surface area contributed by atoms with Crippen LogP contribution in [0.1, 0.15) is 19.4 Å². The Bertz CT molecular complexity index is 621. The van der Waals surface area contributed by atoms with Crippen LogP contribution in [-0.4, -0.2) is 48.2 Å². The van der Waals surface area contributed by atoms with Crippen molar-refractivity contribution in [3.63, 3.8) is 0 Å². The van der Waals surface area contributed by atoms with E-state index in [9.17, 15) is 9.59 Å². The summed E-state index contributed by atoms with van der Waals surface area (Å²) in [7, 11) is 1.56. The van der Waals surface area contributed by atoms with Gasteiger partial charge in [-0.3, -0.25) is 9.59 Å². The number of carboxylic acid groups (broad SMARTS) is 1. The summed E-state index contributed by atoms with van der Waals surface area (Å²) in [6.45, 7) is 3.35. The van der Waals surface area contributed by atoms with Gasteiger partial charge < -0.3 is 19.5 Å². The molecular weight excluding hydrogens is 286 g/mol. The van der Waals surface area contributed by atoms with Crippen LogP contribution in [0, 0.1) is 0 Å². The zero-order valence-corrected chi connectivity index (χ0v) is 12.8. The van der Waals surface area contributed by atoms with Crippen molar-refractivity contribution in [2.75, 3.05) is 20.3 Å². The Labute approximate surface area is 128 Å². The Balaban J connectivity index is 2.29. The van der Waals surface area contributed by atoms with Gasteiger partial charge in [-0.2, -0.15) is 0 Å². The molecule has 0 spiro atoms. The molecule has 0 radical (unpaired) electrons.